The number of rotatable bonds is 8. The quantitative estimate of drug-likeness (QED) is 0.167. The van der Waals surface area contributed by atoms with Crippen molar-refractivity contribution in [1.82, 2.24) is 0 Å². The molecule has 284 valence electrons. The molecule has 0 aromatic heterocycles. The summed E-state index contributed by atoms with van der Waals surface area (Å²) in [5, 5.41) is 8.32. The second-order valence-corrected chi connectivity index (χ2v) is 15.4. The highest BCUT2D eigenvalue weighted by atomic mass is 16.5. The van der Waals surface area contributed by atoms with Gasteiger partial charge in [-0.15, -0.1) is 0 Å². The molecule has 3 heteroatoms. The van der Waals surface area contributed by atoms with E-state index in [1.807, 2.05) is 6.07 Å². The van der Waals surface area contributed by atoms with Gasteiger partial charge in [-0.25, -0.2) is 0 Å². The third-order valence-corrected chi connectivity index (χ3v) is 11.7. The van der Waals surface area contributed by atoms with Gasteiger partial charge in [0.15, 0.2) is 12.0 Å². The minimum Gasteiger partial charge on any atom is -0.464 e. The summed E-state index contributed by atoms with van der Waals surface area (Å²) in [4.78, 5) is 2.34. The first-order valence-corrected chi connectivity index (χ1v) is 20.5. The summed E-state index contributed by atoms with van der Waals surface area (Å²) in [7, 11) is 0. The maximum absolute atomic E-state index is 6.63. The highest BCUT2D eigenvalue weighted by molar-refractivity contribution is 6.03. The molecule has 1 aliphatic heterocycles. The first-order chi connectivity index (χ1) is 29.7. The summed E-state index contributed by atoms with van der Waals surface area (Å²) < 4.78 is 6.63. The molecule has 0 saturated carbocycles. The minimum absolute atomic E-state index is 0.246. The van der Waals surface area contributed by atoms with Gasteiger partial charge in [0, 0.05) is 28.0 Å². The average molecular weight is 769 g/mol. The third-order valence-electron chi connectivity index (χ3n) is 11.7. The van der Waals surface area contributed by atoms with E-state index in [1.165, 1.54) is 60.7 Å². The molecule has 0 bridgehead atoms. The molecule has 0 saturated heterocycles. The first-order valence-electron chi connectivity index (χ1n) is 20.5. The summed E-state index contributed by atoms with van der Waals surface area (Å²) in [5.74, 6) is 0.896. The summed E-state index contributed by atoms with van der Waals surface area (Å²) in [5.41, 5.74) is 14.9. The molecule has 0 aliphatic carbocycles. The van der Waals surface area contributed by atoms with Gasteiger partial charge < -0.3 is 15.0 Å². The number of nitrogens with one attached hydrogen (secondary N) is 1. The molecule has 1 atom stereocenters. The Labute approximate surface area is 350 Å². The van der Waals surface area contributed by atoms with Crippen molar-refractivity contribution in [3.63, 3.8) is 0 Å². The van der Waals surface area contributed by atoms with E-state index in [4.69, 9.17) is 4.74 Å². The van der Waals surface area contributed by atoms with Crippen LogP contribution < -0.4 is 15.0 Å². The standard InChI is InChI=1S/C57H40N2O/c1-3-10-39(11-4-1)42-20-24-47(25-21-42)57-58-55-37-36-53-52(16-9-17-54(53)56(55)60-57)46-22-18-43(19-23-46)45-28-33-50(34-29-45)59(51-35-30-41-14-7-8-15-48(41)38-51)49-31-26-44(27-32-49)40-12-5-2-6-13-40/h1-38,57-58H. The fourth-order valence-electron chi connectivity index (χ4n) is 8.59. The molecule has 1 heterocycles. The summed E-state index contributed by atoms with van der Waals surface area (Å²) in [6, 6.07) is 82.5. The van der Waals surface area contributed by atoms with Crippen LogP contribution in [0.3, 0.4) is 0 Å². The van der Waals surface area contributed by atoms with Crippen LogP contribution in [-0.4, -0.2) is 0 Å². The minimum atomic E-state index is -0.246. The monoisotopic (exact) mass is 768 g/mol. The maximum atomic E-state index is 6.63. The zero-order chi connectivity index (χ0) is 39.8. The largest absolute Gasteiger partial charge is 0.464 e. The Morgan fingerprint density at radius 1 is 0.350 bits per heavy atom. The number of fused-ring (bicyclic) bond motifs is 4. The lowest BCUT2D eigenvalue weighted by Gasteiger charge is -2.26. The Morgan fingerprint density at radius 3 is 1.47 bits per heavy atom. The number of hydrogen-bond acceptors (Lipinski definition) is 3. The van der Waals surface area contributed by atoms with Crippen LogP contribution in [0, 0.1) is 0 Å². The van der Waals surface area contributed by atoms with Crippen LogP contribution in [0.5, 0.6) is 5.75 Å². The molecule has 10 aromatic rings. The highest BCUT2D eigenvalue weighted by Gasteiger charge is 2.26. The van der Waals surface area contributed by atoms with E-state index in [1.54, 1.807) is 0 Å². The normalized spacial score (nSPS) is 13.1. The van der Waals surface area contributed by atoms with E-state index in [9.17, 15) is 0 Å². The van der Waals surface area contributed by atoms with Crippen LogP contribution in [0.4, 0.5) is 22.7 Å². The van der Waals surface area contributed by atoms with E-state index in [0.717, 1.165) is 39.4 Å². The van der Waals surface area contributed by atoms with Gasteiger partial charge in [0.25, 0.3) is 0 Å². The number of nitrogens with zero attached hydrogens (tertiary/aromatic N) is 1. The van der Waals surface area contributed by atoms with Crippen LogP contribution in [0.1, 0.15) is 11.8 Å². The first kappa shape index (κ1) is 35.3. The second kappa shape index (κ2) is 15.1. The molecule has 1 unspecified atom stereocenters. The van der Waals surface area contributed by atoms with Gasteiger partial charge in [-0.2, -0.15) is 0 Å². The van der Waals surface area contributed by atoms with Gasteiger partial charge in [0.1, 0.15) is 0 Å². The SMILES string of the molecule is c1ccc(-c2ccc(C3Nc4ccc5c(-c6ccc(-c7ccc(N(c8ccc(-c9ccccc9)cc8)c8ccc9ccccc9c8)cc7)cc6)cccc5c4O3)cc2)cc1. The predicted octanol–water partition coefficient (Wildman–Crippen LogP) is 15.6. The predicted molar refractivity (Wildman–Crippen MR) is 251 cm³/mol. The van der Waals surface area contributed by atoms with E-state index >= 15 is 0 Å². The van der Waals surface area contributed by atoms with Crippen molar-refractivity contribution in [3.05, 3.63) is 236 Å². The molecule has 1 N–H and O–H groups in total. The Bertz CT molecular complexity index is 3110. The van der Waals surface area contributed by atoms with Crippen molar-refractivity contribution in [2.24, 2.45) is 0 Å². The van der Waals surface area contributed by atoms with Gasteiger partial charge in [-0.1, -0.05) is 188 Å². The van der Waals surface area contributed by atoms with E-state index < -0.39 is 0 Å². The Hall–Kier alpha value is -7.88. The van der Waals surface area contributed by atoms with Crippen molar-refractivity contribution >= 4 is 44.3 Å². The molecule has 60 heavy (non-hydrogen) atoms. The molecular weight excluding hydrogens is 729 g/mol. The fraction of sp³-hybridized carbons (Fsp3) is 0.0175. The lowest BCUT2D eigenvalue weighted by atomic mass is 9.95. The summed E-state index contributed by atoms with van der Waals surface area (Å²) >= 11 is 0. The molecule has 0 fully saturated rings. The van der Waals surface area contributed by atoms with Crippen LogP contribution in [0.2, 0.25) is 0 Å². The van der Waals surface area contributed by atoms with Crippen molar-refractivity contribution in [3.8, 4) is 50.3 Å². The zero-order valence-electron chi connectivity index (χ0n) is 32.9. The molecule has 0 radical (unpaired) electrons. The fourth-order valence-corrected chi connectivity index (χ4v) is 8.59. The summed E-state index contributed by atoms with van der Waals surface area (Å²) in [6.45, 7) is 0. The molecule has 1 aliphatic rings. The number of benzene rings is 10. The maximum Gasteiger partial charge on any atom is 0.196 e. The number of hydrogen-bond donors (Lipinski definition) is 1. The Kier molecular flexibility index (Phi) is 8.90. The van der Waals surface area contributed by atoms with Gasteiger partial charge in [0.05, 0.1) is 5.69 Å². The van der Waals surface area contributed by atoms with Gasteiger partial charge in [-0.3, -0.25) is 0 Å². The molecular formula is C57H40N2O. The highest BCUT2D eigenvalue weighted by Crippen LogP contribution is 2.46. The van der Waals surface area contributed by atoms with Crippen molar-refractivity contribution in [2.45, 2.75) is 6.23 Å². The molecule has 10 aromatic carbocycles. The zero-order valence-corrected chi connectivity index (χ0v) is 32.9. The third kappa shape index (κ3) is 6.62. The van der Waals surface area contributed by atoms with E-state index in [2.05, 4.69) is 235 Å². The van der Waals surface area contributed by atoms with Crippen molar-refractivity contribution < 1.29 is 4.74 Å². The number of ether oxygens (including phenoxy) is 1. The van der Waals surface area contributed by atoms with Gasteiger partial charge >= 0.3 is 0 Å². The molecule has 11 rings (SSSR count). The molecule has 0 amide bonds. The Balaban J connectivity index is 0.859. The lowest BCUT2D eigenvalue weighted by Crippen LogP contribution is -2.09. The molecule has 3 nitrogen and oxygen atoms in total. The topological polar surface area (TPSA) is 24.5 Å². The lowest BCUT2D eigenvalue weighted by molar-refractivity contribution is 0.262. The van der Waals surface area contributed by atoms with E-state index in [0.29, 0.717) is 0 Å². The van der Waals surface area contributed by atoms with Crippen LogP contribution >= 0.6 is 0 Å². The van der Waals surface area contributed by atoms with E-state index in [-0.39, 0.29) is 6.23 Å². The van der Waals surface area contributed by atoms with Gasteiger partial charge in [-0.05, 0) is 103 Å². The Morgan fingerprint density at radius 2 is 0.850 bits per heavy atom. The van der Waals surface area contributed by atoms with Crippen LogP contribution in [0.25, 0.3) is 66.1 Å². The van der Waals surface area contributed by atoms with Crippen LogP contribution in [-0.2, 0) is 0 Å². The smallest absolute Gasteiger partial charge is 0.196 e. The second-order valence-electron chi connectivity index (χ2n) is 15.4. The average Bonchev–Trinajstić information content (AvgIpc) is 3.78. The number of anilines is 4. The van der Waals surface area contributed by atoms with Crippen molar-refractivity contribution in [1.29, 1.82) is 0 Å². The van der Waals surface area contributed by atoms with Gasteiger partial charge in [0.2, 0.25) is 0 Å². The summed E-state index contributed by atoms with van der Waals surface area (Å²) in [6.07, 6.45) is -0.246. The molecule has 0 spiro atoms. The van der Waals surface area contributed by atoms with Crippen molar-refractivity contribution in [2.75, 3.05) is 10.2 Å². The van der Waals surface area contributed by atoms with Crippen LogP contribution in [0.15, 0.2) is 231 Å².